The number of hydrogen-bond acceptors (Lipinski definition) is 2. The molecule has 0 aliphatic carbocycles. The van der Waals surface area contributed by atoms with Gasteiger partial charge in [-0.2, -0.15) is 0 Å². The normalized spacial score (nSPS) is 14.0. The summed E-state index contributed by atoms with van der Waals surface area (Å²) in [5.41, 5.74) is 6.77. The number of fused-ring (bicyclic) bond motifs is 1. The maximum absolute atomic E-state index is 11.0. The van der Waals surface area contributed by atoms with Gasteiger partial charge in [0.15, 0.2) is 0 Å². The van der Waals surface area contributed by atoms with E-state index in [-0.39, 0.29) is 0 Å². The summed E-state index contributed by atoms with van der Waals surface area (Å²) in [6.45, 7) is 0.451. The van der Waals surface area contributed by atoms with E-state index in [1.54, 1.807) is 6.21 Å². The van der Waals surface area contributed by atoms with E-state index in [1.165, 1.54) is 4.90 Å². The van der Waals surface area contributed by atoms with Gasteiger partial charge in [-0.15, -0.1) is 0 Å². The average Bonchev–Trinajstić information content (AvgIpc) is 2.17. The van der Waals surface area contributed by atoms with E-state index in [2.05, 4.69) is 4.99 Å². The number of carbonyl (C=O) groups is 1. The first-order valence-corrected chi connectivity index (χ1v) is 3.97. The Bertz CT molecular complexity index is 373. The first-order valence-electron chi connectivity index (χ1n) is 3.97. The van der Waals surface area contributed by atoms with Crippen molar-refractivity contribution in [2.24, 2.45) is 10.7 Å². The molecule has 0 saturated carbocycles. The SMILES string of the molecule is NC(=O)N1CC=Nc2ccccc21. The Kier molecular flexibility index (Phi) is 1.73. The Labute approximate surface area is 75.7 Å². The molecule has 1 aromatic rings. The number of rotatable bonds is 0. The van der Waals surface area contributed by atoms with Gasteiger partial charge in [-0.05, 0) is 12.1 Å². The van der Waals surface area contributed by atoms with Crippen molar-refractivity contribution in [2.45, 2.75) is 0 Å². The van der Waals surface area contributed by atoms with Crippen molar-refractivity contribution in [3.63, 3.8) is 0 Å². The molecular formula is C9H9N3O. The number of primary amides is 1. The Morgan fingerprint density at radius 1 is 1.46 bits per heavy atom. The lowest BCUT2D eigenvalue weighted by atomic mass is 10.2. The molecule has 0 radical (unpaired) electrons. The van der Waals surface area contributed by atoms with Crippen molar-refractivity contribution in [2.75, 3.05) is 11.4 Å². The molecule has 4 heteroatoms. The fraction of sp³-hybridized carbons (Fsp3) is 0.111. The molecule has 0 spiro atoms. The molecule has 1 aromatic carbocycles. The number of nitrogens with two attached hydrogens (primary N) is 1. The molecule has 2 rings (SSSR count). The molecule has 0 saturated heterocycles. The molecule has 1 heterocycles. The van der Waals surface area contributed by atoms with Gasteiger partial charge in [-0.1, -0.05) is 12.1 Å². The third-order valence-electron chi connectivity index (χ3n) is 1.93. The minimum absolute atomic E-state index is 0.446. The van der Waals surface area contributed by atoms with Gasteiger partial charge in [-0.25, -0.2) is 4.79 Å². The molecule has 0 bridgehead atoms. The maximum Gasteiger partial charge on any atom is 0.319 e. The number of benzene rings is 1. The van der Waals surface area contributed by atoms with Crippen LogP contribution in [0.2, 0.25) is 0 Å². The zero-order chi connectivity index (χ0) is 9.26. The molecular weight excluding hydrogens is 166 g/mol. The van der Waals surface area contributed by atoms with E-state index in [0.717, 1.165) is 11.4 Å². The van der Waals surface area contributed by atoms with E-state index in [4.69, 9.17) is 5.73 Å². The molecule has 66 valence electrons. The molecule has 0 fully saturated rings. The van der Waals surface area contributed by atoms with Crippen molar-refractivity contribution < 1.29 is 4.79 Å². The third kappa shape index (κ3) is 1.26. The lowest BCUT2D eigenvalue weighted by Crippen LogP contribution is -2.38. The summed E-state index contributed by atoms with van der Waals surface area (Å²) in [5, 5.41) is 0. The van der Waals surface area contributed by atoms with Crippen LogP contribution in [0.15, 0.2) is 29.3 Å². The molecule has 13 heavy (non-hydrogen) atoms. The average molecular weight is 175 g/mol. The van der Waals surface area contributed by atoms with Crippen LogP contribution in [0.25, 0.3) is 0 Å². The van der Waals surface area contributed by atoms with E-state index in [9.17, 15) is 4.79 Å². The Morgan fingerprint density at radius 2 is 2.23 bits per heavy atom. The van der Waals surface area contributed by atoms with Crippen molar-refractivity contribution in [1.82, 2.24) is 0 Å². The van der Waals surface area contributed by atoms with Crippen LogP contribution < -0.4 is 10.6 Å². The number of anilines is 1. The standard InChI is InChI=1S/C9H9N3O/c10-9(13)12-6-5-11-7-3-1-2-4-8(7)12/h1-5H,6H2,(H2,10,13). The van der Waals surface area contributed by atoms with E-state index >= 15 is 0 Å². The summed E-state index contributed by atoms with van der Waals surface area (Å²) in [5.74, 6) is 0. The summed E-state index contributed by atoms with van der Waals surface area (Å²) in [7, 11) is 0. The zero-order valence-electron chi connectivity index (χ0n) is 6.97. The van der Waals surface area contributed by atoms with Crippen LogP contribution in [0.3, 0.4) is 0 Å². The van der Waals surface area contributed by atoms with Crippen LogP contribution >= 0.6 is 0 Å². The van der Waals surface area contributed by atoms with Crippen LogP contribution in [0, 0.1) is 0 Å². The van der Waals surface area contributed by atoms with Crippen LogP contribution in [0.4, 0.5) is 16.2 Å². The summed E-state index contributed by atoms with van der Waals surface area (Å²) >= 11 is 0. The summed E-state index contributed by atoms with van der Waals surface area (Å²) in [6, 6.07) is 6.96. The second kappa shape index (κ2) is 2.90. The number of urea groups is 1. The number of aliphatic imine (C=N–C) groups is 1. The minimum Gasteiger partial charge on any atom is -0.351 e. The van der Waals surface area contributed by atoms with Crippen LogP contribution in [0.1, 0.15) is 0 Å². The van der Waals surface area contributed by atoms with Crippen LogP contribution in [-0.2, 0) is 0 Å². The lowest BCUT2D eigenvalue weighted by molar-refractivity contribution is 0.254. The van der Waals surface area contributed by atoms with Gasteiger partial charge in [-0.3, -0.25) is 9.89 Å². The van der Waals surface area contributed by atoms with Crippen molar-refractivity contribution in [3.05, 3.63) is 24.3 Å². The molecule has 0 atom stereocenters. The van der Waals surface area contributed by atoms with Gasteiger partial charge in [0.1, 0.15) is 0 Å². The molecule has 2 N–H and O–H groups in total. The Hall–Kier alpha value is -1.84. The Balaban J connectivity index is 2.49. The highest BCUT2D eigenvalue weighted by Gasteiger charge is 2.16. The highest BCUT2D eigenvalue weighted by Crippen LogP contribution is 2.29. The second-order valence-electron chi connectivity index (χ2n) is 2.75. The third-order valence-corrected chi connectivity index (χ3v) is 1.93. The maximum atomic E-state index is 11.0. The van der Waals surface area contributed by atoms with Gasteiger partial charge in [0.25, 0.3) is 0 Å². The van der Waals surface area contributed by atoms with Gasteiger partial charge >= 0.3 is 6.03 Å². The van der Waals surface area contributed by atoms with E-state index in [0.29, 0.717) is 6.54 Å². The minimum atomic E-state index is -0.446. The van der Waals surface area contributed by atoms with E-state index in [1.807, 2.05) is 24.3 Å². The first kappa shape index (κ1) is 7.79. The van der Waals surface area contributed by atoms with Gasteiger partial charge < -0.3 is 5.73 Å². The zero-order valence-corrected chi connectivity index (χ0v) is 6.97. The van der Waals surface area contributed by atoms with Crippen LogP contribution in [-0.4, -0.2) is 18.8 Å². The van der Waals surface area contributed by atoms with Gasteiger partial charge in [0, 0.05) is 6.21 Å². The molecule has 0 aromatic heterocycles. The Morgan fingerprint density at radius 3 is 3.00 bits per heavy atom. The number of amides is 2. The number of para-hydroxylation sites is 2. The van der Waals surface area contributed by atoms with Crippen molar-refractivity contribution in [1.29, 1.82) is 0 Å². The largest absolute Gasteiger partial charge is 0.351 e. The highest BCUT2D eigenvalue weighted by molar-refractivity contribution is 5.99. The highest BCUT2D eigenvalue weighted by atomic mass is 16.2. The number of carbonyl (C=O) groups excluding carboxylic acids is 1. The quantitative estimate of drug-likeness (QED) is 0.634. The van der Waals surface area contributed by atoms with E-state index < -0.39 is 6.03 Å². The topological polar surface area (TPSA) is 58.7 Å². The summed E-state index contributed by atoms with van der Waals surface area (Å²) in [6.07, 6.45) is 1.67. The predicted molar refractivity (Wildman–Crippen MR) is 51.5 cm³/mol. The first-order chi connectivity index (χ1) is 6.29. The monoisotopic (exact) mass is 175 g/mol. The summed E-state index contributed by atoms with van der Waals surface area (Å²) < 4.78 is 0. The molecule has 0 unspecified atom stereocenters. The smallest absolute Gasteiger partial charge is 0.319 e. The lowest BCUT2D eigenvalue weighted by Gasteiger charge is -2.22. The fourth-order valence-electron chi connectivity index (χ4n) is 1.33. The predicted octanol–water partition coefficient (Wildman–Crippen LogP) is 1.29. The molecule has 1 aliphatic heterocycles. The molecule has 2 amide bonds. The van der Waals surface area contributed by atoms with Crippen molar-refractivity contribution >= 4 is 23.6 Å². The van der Waals surface area contributed by atoms with Crippen molar-refractivity contribution in [3.8, 4) is 0 Å². The van der Waals surface area contributed by atoms with Gasteiger partial charge in [0.2, 0.25) is 0 Å². The summed E-state index contributed by atoms with van der Waals surface area (Å²) in [4.78, 5) is 16.6. The molecule has 4 nitrogen and oxygen atoms in total. The van der Waals surface area contributed by atoms with Crippen LogP contribution in [0.5, 0.6) is 0 Å². The number of hydrogen-bond donors (Lipinski definition) is 1. The second-order valence-corrected chi connectivity index (χ2v) is 2.75. The fourth-order valence-corrected chi connectivity index (χ4v) is 1.33. The molecule has 1 aliphatic rings. The number of nitrogens with zero attached hydrogens (tertiary/aromatic N) is 2. The van der Waals surface area contributed by atoms with Gasteiger partial charge in [0.05, 0.1) is 17.9 Å².